The number of hydrogen-bond acceptors (Lipinski definition) is 6. The molecule has 32 heavy (non-hydrogen) atoms. The van der Waals surface area contributed by atoms with Gasteiger partial charge < -0.3 is 14.9 Å². The first kappa shape index (κ1) is 22.3. The number of benzene rings is 1. The van der Waals surface area contributed by atoms with Crippen molar-refractivity contribution in [1.82, 2.24) is 9.80 Å². The lowest BCUT2D eigenvalue weighted by molar-refractivity contribution is -0.159. The summed E-state index contributed by atoms with van der Waals surface area (Å²) in [7, 11) is 0. The van der Waals surface area contributed by atoms with Crippen molar-refractivity contribution in [2.24, 2.45) is 5.92 Å². The molecule has 0 saturated carbocycles. The third-order valence-corrected chi connectivity index (χ3v) is 7.11. The van der Waals surface area contributed by atoms with Gasteiger partial charge in [0.15, 0.2) is 0 Å². The van der Waals surface area contributed by atoms with Crippen molar-refractivity contribution in [3.05, 3.63) is 57.8 Å². The topological polar surface area (TPSA) is 107 Å². The summed E-state index contributed by atoms with van der Waals surface area (Å²) in [5.41, 5.74) is 3.77. The molecule has 6 rings (SSSR count). The summed E-state index contributed by atoms with van der Waals surface area (Å²) < 4.78 is 6.06. The van der Waals surface area contributed by atoms with Gasteiger partial charge in [0.25, 0.3) is 0 Å². The number of nitrogens with zero attached hydrogens (tertiary/aromatic N) is 2. The van der Waals surface area contributed by atoms with Crippen LogP contribution in [-0.2, 0) is 20.7 Å². The Kier molecular flexibility index (Phi) is 6.76. The van der Waals surface area contributed by atoms with Crippen molar-refractivity contribution in [1.29, 1.82) is 0 Å². The molecule has 2 bridgehead atoms. The number of fused-ring (bicyclic) bond motifs is 4. The van der Waals surface area contributed by atoms with Crippen molar-refractivity contribution >= 4 is 29.4 Å². The predicted octanol–water partition coefficient (Wildman–Crippen LogP) is 3.08. The maximum absolute atomic E-state index is 13.1. The van der Waals surface area contributed by atoms with Gasteiger partial charge >= 0.3 is 18.0 Å². The van der Waals surface area contributed by atoms with E-state index in [1.807, 2.05) is 4.90 Å². The number of carbonyl (C=O) groups excluding carboxylic acids is 1. The zero-order chi connectivity index (χ0) is 22.7. The minimum absolute atomic E-state index is 0.0280. The average Bonchev–Trinajstić information content (AvgIpc) is 3.34. The van der Waals surface area contributed by atoms with Gasteiger partial charge in [0, 0.05) is 13.1 Å². The third-order valence-electron chi connectivity index (χ3n) is 6.41. The minimum atomic E-state index is -1.82. The van der Waals surface area contributed by atoms with Crippen LogP contribution in [0.2, 0.25) is 0 Å². The highest BCUT2D eigenvalue weighted by atomic mass is 32.1. The minimum Gasteiger partial charge on any atom is -0.473 e. The smallest absolute Gasteiger partial charge is 0.414 e. The molecule has 0 unspecified atom stereocenters. The molecule has 3 fully saturated rings. The molecule has 3 saturated heterocycles. The van der Waals surface area contributed by atoms with E-state index in [4.69, 9.17) is 24.5 Å². The number of aliphatic carboxylic acids is 2. The molecule has 0 radical (unpaired) electrons. The van der Waals surface area contributed by atoms with Gasteiger partial charge in [0.1, 0.15) is 6.10 Å². The fourth-order valence-corrected chi connectivity index (χ4v) is 5.47. The van der Waals surface area contributed by atoms with Gasteiger partial charge in [-0.2, -0.15) is 11.3 Å². The number of piperidine rings is 3. The van der Waals surface area contributed by atoms with Gasteiger partial charge in [-0.25, -0.2) is 14.4 Å². The Morgan fingerprint density at radius 3 is 2.31 bits per heavy atom. The highest BCUT2D eigenvalue weighted by Gasteiger charge is 2.39. The molecule has 2 aromatic rings. The molecule has 0 spiro atoms. The van der Waals surface area contributed by atoms with Crippen LogP contribution in [0.4, 0.5) is 4.79 Å². The molecule has 0 aliphatic carbocycles. The lowest BCUT2D eigenvalue weighted by atomic mass is 9.86. The lowest BCUT2D eigenvalue weighted by Crippen LogP contribution is -2.53. The first-order chi connectivity index (χ1) is 15.4. The monoisotopic (exact) mass is 458 g/mol. The Morgan fingerprint density at radius 1 is 1.00 bits per heavy atom. The largest absolute Gasteiger partial charge is 0.473 e. The first-order valence-electron chi connectivity index (χ1n) is 10.7. The van der Waals surface area contributed by atoms with Crippen LogP contribution in [0.1, 0.15) is 35.6 Å². The van der Waals surface area contributed by atoms with E-state index in [0.29, 0.717) is 5.92 Å². The van der Waals surface area contributed by atoms with Gasteiger partial charge in [-0.1, -0.05) is 24.3 Å². The summed E-state index contributed by atoms with van der Waals surface area (Å²) in [6.45, 7) is 3.95. The van der Waals surface area contributed by atoms with Crippen LogP contribution >= 0.6 is 11.3 Å². The van der Waals surface area contributed by atoms with E-state index in [1.165, 1.54) is 16.7 Å². The summed E-state index contributed by atoms with van der Waals surface area (Å²) in [6, 6.07) is 10.6. The van der Waals surface area contributed by atoms with Gasteiger partial charge in [-0.3, -0.25) is 9.80 Å². The number of ether oxygens (including phenoxy) is 1. The van der Waals surface area contributed by atoms with Gasteiger partial charge in [-0.15, -0.1) is 0 Å². The van der Waals surface area contributed by atoms with Crippen LogP contribution in [0.25, 0.3) is 0 Å². The molecule has 4 aliphatic rings. The second-order valence-electron chi connectivity index (χ2n) is 8.27. The van der Waals surface area contributed by atoms with Crippen LogP contribution < -0.4 is 0 Å². The van der Waals surface area contributed by atoms with Gasteiger partial charge in [0.2, 0.25) is 0 Å². The molecular weight excluding hydrogens is 432 g/mol. The number of carboxylic acids is 2. The van der Waals surface area contributed by atoms with Crippen molar-refractivity contribution in [2.45, 2.75) is 31.4 Å². The highest BCUT2D eigenvalue weighted by Crippen LogP contribution is 2.37. The number of rotatable bonds is 2. The van der Waals surface area contributed by atoms with Crippen LogP contribution in [-0.4, -0.2) is 70.3 Å². The van der Waals surface area contributed by atoms with Crippen LogP contribution in [0.5, 0.6) is 0 Å². The molecule has 9 heteroatoms. The van der Waals surface area contributed by atoms with E-state index in [9.17, 15) is 4.79 Å². The predicted molar refractivity (Wildman–Crippen MR) is 118 cm³/mol. The van der Waals surface area contributed by atoms with Crippen molar-refractivity contribution in [3.63, 3.8) is 0 Å². The molecule has 5 heterocycles. The SMILES string of the molecule is O=C(O)C(=O)O.O=C(O[C@H]1CN2CCC1CC2)N1CCc2ccccc2[C@@H]1c1ccsc1. The van der Waals surface area contributed by atoms with E-state index in [1.54, 1.807) is 11.3 Å². The van der Waals surface area contributed by atoms with E-state index in [2.05, 4.69) is 46.0 Å². The fourth-order valence-electron chi connectivity index (χ4n) is 4.79. The molecular formula is C23H26N2O6S. The molecule has 1 aromatic heterocycles. The number of carbonyl (C=O) groups is 3. The Labute approximate surface area is 190 Å². The van der Waals surface area contributed by atoms with Crippen LogP contribution in [0, 0.1) is 5.92 Å². The first-order valence-corrected chi connectivity index (χ1v) is 11.6. The zero-order valence-electron chi connectivity index (χ0n) is 17.6. The number of thiophene rings is 1. The number of amides is 1. The quantitative estimate of drug-likeness (QED) is 0.666. The average molecular weight is 459 g/mol. The third kappa shape index (κ3) is 4.78. The second-order valence-corrected chi connectivity index (χ2v) is 9.05. The van der Waals surface area contributed by atoms with E-state index >= 15 is 0 Å². The van der Waals surface area contributed by atoms with E-state index < -0.39 is 11.9 Å². The van der Waals surface area contributed by atoms with Crippen molar-refractivity contribution < 1.29 is 29.3 Å². The Balaban J connectivity index is 0.000000363. The standard InChI is InChI=1S/C21H24N2O2S.C2H2O4/c24-21(25-19-13-22-9-5-16(19)6-10-22)23-11-7-15-3-1-2-4-18(15)20(23)17-8-12-26-14-17;3-1(4)2(5)6/h1-4,8,12,14,16,19-20H,5-7,9-11,13H2;(H,3,4)(H,5,6)/t19-,20-;/m0./s1. The van der Waals surface area contributed by atoms with Gasteiger partial charge in [0.05, 0.1) is 6.04 Å². The summed E-state index contributed by atoms with van der Waals surface area (Å²) in [5, 5.41) is 19.0. The molecule has 8 nitrogen and oxygen atoms in total. The highest BCUT2D eigenvalue weighted by molar-refractivity contribution is 7.08. The summed E-state index contributed by atoms with van der Waals surface area (Å²) >= 11 is 1.68. The second kappa shape index (κ2) is 9.70. The van der Waals surface area contributed by atoms with Crippen molar-refractivity contribution in [2.75, 3.05) is 26.2 Å². The lowest BCUT2D eigenvalue weighted by Gasteiger charge is -2.45. The Bertz CT molecular complexity index is 959. The van der Waals surface area contributed by atoms with E-state index in [-0.39, 0.29) is 18.2 Å². The number of hydrogen-bond donors (Lipinski definition) is 2. The summed E-state index contributed by atoms with van der Waals surface area (Å²) in [6.07, 6.45) is 3.13. The molecule has 170 valence electrons. The molecule has 1 aromatic carbocycles. The fraction of sp³-hybridized carbons (Fsp3) is 0.435. The zero-order valence-corrected chi connectivity index (χ0v) is 18.4. The molecule has 1 amide bonds. The summed E-state index contributed by atoms with van der Waals surface area (Å²) in [4.78, 5) is 35.7. The maximum Gasteiger partial charge on any atom is 0.414 e. The molecule has 4 aliphatic heterocycles. The normalized spacial score (nSPS) is 25.8. The van der Waals surface area contributed by atoms with Crippen LogP contribution in [0.15, 0.2) is 41.1 Å². The van der Waals surface area contributed by atoms with Crippen molar-refractivity contribution in [3.8, 4) is 0 Å². The van der Waals surface area contributed by atoms with Crippen LogP contribution in [0.3, 0.4) is 0 Å². The molecule has 2 N–H and O–H groups in total. The van der Waals surface area contributed by atoms with E-state index in [0.717, 1.165) is 45.4 Å². The number of carboxylic acid groups (broad SMARTS) is 2. The summed E-state index contributed by atoms with van der Waals surface area (Å²) in [5.74, 6) is -3.11. The maximum atomic E-state index is 13.1. The Hall–Kier alpha value is -2.91. The Morgan fingerprint density at radius 2 is 1.72 bits per heavy atom. The molecule has 2 atom stereocenters. The van der Waals surface area contributed by atoms with Gasteiger partial charge in [-0.05, 0) is 71.8 Å².